The van der Waals surface area contributed by atoms with Crippen LogP contribution in [0.4, 0.5) is 0 Å². The van der Waals surface area contributed by atoms with Crippen LogP contribution in [0.2, 0.25) is 5.02 Å². The van der Waals surface area contributed by atoms with E-state index in [9.17, 15) is 18.0 Å². The fourth-order valence-corrected chi connectivity index (χ4v) is 3.87. The first-order valence-electron chi connectivity index (χ1n) is 7.52. The van der Waals surface area contributed by atoms with Crippen molar-refractivity contribution in [3.05, 3.63) is 29.3 Å². The van der Waals surface area contributed by atoms with Crippen LogP contribution in [0.5, 0.6) is 0 Å². The van der Waals surface area contributed by atoms with Crippen LogP contribution in [-0.2, 0) is 29.1 Å². The Morgan fingerprint density at radius 1 is 1.08 bits per heavy atom. The van der Waals surface area contributed by atoms with Crippen molar-refractivity contribution in [2.24, 2.45) is 0 Å². The molecule has 0 aromatic heterocycles. The number of amides is 1. The molecule has 0 N–H and O–H groups in total. The van der Waals surface area contributed by atoms with E-state index in [-0.39, 0.29) is 50.2 Å². The molecule has 8 nitrogen and oxygen atoms in total. The summed E-state index contributed by atoms with van der Waals surface area (Å²) < 4.78 is 35.8. The van der Waals surface area contributed by atoms with Crippen molar-refractivity contribution in [2.45, 2.75) is 4.90 Å². The van der Waals surface area contributed by atoms with Crippen molar-refractivity contribution in [1.82, 2.24) is 9.21 Å². The third kappa shape index (κ3) is 5.15. The summed E-state index contributed by atoms with van der Waals surface area (Å²) in [6.45, 7) is 0.193. The molecule has 0 unspecified atom stereocenters. The minimum absolute atomic E-state index is 0.158. The van der Waals surface area contributed by atoms with Gasteiger partial charge in [0.1, 0.15) is 6.61 Å². The number of esters is 1. The largest absolute Gasteiger partial charge is 0.454 e. The number of benzene rings is 1. The lowest BCUT2D eigenvalue weighted by molar-refractivity contribution is -0.155. The number of hydrogen-bond donors (Lipinski definition) is 0. The molecular formula is C15H19ClN2O6S. The Morgan fingerprint density at radius 3 is 2.24 bits per heavy atom. The zero-order chi connectivity index (χ0) is 18.4. The summed E-state index contributed by atoms with van der Waals surface area (Å²) in [5.74, 6) is -0.993. The van der Waals surface area contributed by atoms with Crippen LogP contribution < -0.4 is 0 Å². The summed E-state index contributed by atoms with van der Waals surface area (Å²) in [6, 6.07) is 5.93. The van der Waals surface area contributed by atoms with Crippen LogP contribution in [0.3, 0.4) is 0 Å². The Balaban J connectivity index is 1.89. The maximum absolute atomic E-state index is 12.6. The molecule has 1 saturated heterocycles. The van der Waals surface area contributed by atoms with Crippen molar-refractivity contribution in [2.75, 3.05) is 46.5 Å². The number of sulfonamides is 1. The topological polar surface area (TPSA) is 93.2 Å². The Labute approximate surface area is 151 Å². The highest BCUT2D eigenvalue weighted by molar-refractivity contribution is 7.89. The fourth-order valence-electron chi connectivity index (χ4n) is 2.33. The molecule has 25 heavy (non-hydrogen) atoms. The van der Waals surface area contributed by atoms with E-state index in [1.165, 1.54) is 40.6 Å². The second-order valence-corrected chi connectivity index (χ2v) is 7.71. The quantitative estimate of drug-likeness (QED) is 0.651. The van der Waals surface area contributed by atoms with Crippen molar-refractivity contribution in [3.8, 4) is 0 Å². The zero-order valence-electron chi connectivity index (χ0n) is 13.7. The van der Waals surface area contributed by atoms with E-state index in [1.807, 2.05) is 0 Å². The molecule has 0 saturated carbocycles. The first kappa shape index (κ1) is 19.6. The summed E-state index contributed by atoms with van der Waals surface area (Å²) in [5.41, 5.74) is 0. The highest BCUT2D eigenvalue weighted by Crippen LogP contribution is 2.19. The normalized spacial score (nSPS) is 15.8. The molecule has 0 aliphatic carbocycles. The van der Waals surface area contributed by atoms with Crippen LogP contribution in [-0.4, -0.2) is 76.0 Å². The predicted molar refractivity (Wildman–Crippen MR) is 89.6 cm³/mol. The van der Waals surface area contributed by atoms with Gasteiger partial charge in [-0.1, -0.05) is 11.6 Å². The minimum Gasteiger partial charge on any atom is -0.454 e. The molecule has 1 amide bonds. The van der Waals surface area contributed by atoms with E-state index >= 15 is 0 Å². The molecule has 1 aliphatic rings. The van der Waals surface area contributed by atoms with Gasteiger partial charge in [0.05, 0.1) is 4.90 Å². The lowest BCUT2D eigenvalue weighted by Crippen LogP contribution is -2.51. The van der Waals surface area contributed by atoms with E-state index in [0.717, 1.165) is 0 Å². The van der Waals surface area contributed by atoms with E-state index in [0.29, 0.717) is 5.02 Å². The number of ether oxygens (including phenoxy) is 2. The van der Waals surface area contributed by atoms with Gasteiger partial charge in [0.2, 0.25) is 10.0 Å². The zero-order valence-corrected chi connectivity index (χ0v) is 15.3. The SMILES string of the molecule is COCC(=O)OCC(=O)N1CCN(S(=O)(=O)c2ccc(Cl)cc2)CC1. The number of hydrogen-bond acceptors (Lipinski definition) is 6. The molecular weight excluding hydrogens is 372 g/mol. The summed E-state index contributed by atoms with van der Waals surface area (Å²) >= 11 is 5.78. The molecule has 1 heterocycles. The monoisotopic (exact) mass is 390 g/mol. The van der Waals surface area contributed by atoms with E-state index in [4.69, 9.17) is 16.3 Å². The fraction of sp³-hybridized carbons (Fsp3) is 0.467. The number of halogens is 1. The third-order valence-corrected chi connectivity index (χ3v) is 5.83. The van der Waals surface area contributed by atoms with E-state index in [2.05, 4.69) is 4.74 Å². The van der Waals surface area contributed by atoms with Gasteiger partial charge in [-0.25, -0.2) is 13.2 Å². The van der Waals surface area contributed by atoms with Crippen molar-refractivity contribution < 1.29 is 27.5 Å². The molecule has 1 aliphatic heterocycles. The van der Waals surface area contributed by atoms with E-state index < -0.39 is 16.0 Å². The maximum Gasteiger partial charge on any atom is 0.332 e. The summed E-state index contributed by atoms with van der Waals surface area (Å²) in [4.78, 5) is 24.8. The van der Waals surface area contributed by atoms with Crippen molar-refractivity contribution in [1.29, 1.82) is 0 Å². The van der Waals surface area contributed by atoms with Crippen LogP contribution in [0, 0.1) is 0 Å². The van der Waals surface area contributed by atoms with Gasteiger partial charge in [0, 0.05) is 38.3 Å². The molecule has 0 radical (unpaired) electrons. The summed E-state index contributed by atoms with van der Waals surface area (Å²) in [5, 5.41) is 0.456. The van der Waals surface area contributed by atoms with Crippen LogP contribution in [0.1, 0.15) is 0 Å². The molecule has 1 aromatic rings. The van der Waals surface area contributed by atoms with Gasteiger partial charge in [-0.2, -0.15) is 4.31 Å². The summed E-state index contributed by atoms with van der Waals surface area (Å²) in [7, 11) is -2.28. The average molecular weight is 391 g/mol. The maximum atomic E-state index is 12.6. The first-order chi connectivity index (χ1) is 11.8. The Morgan fingerprint density at radius 2 is 1.68 bits per heavy atom. The second kappa shape index (κ2) is 8.61. The molecule has 0 bridgehead atoms. The number of nitrogens with zero attached hydrogens (tertiary/aromatic N) is 2. The molecule has 2 rings (SSSR count). The van der Waals surface area contributed by atoms with Gasteiger partial charge >= 0.3 is 5.97 Å². The van der Waals surface area contributed by atoms with Gasteiger partial charge in [0.25, 0.3) is 5.91 Å². The highest BCUT2D eigenvalue weighted by atomic mass is 35.5. The van der Waals surface area contributed by atoms with Gasteiger partial charge in [-0.05, 0) is 24.3 Å². The number of methoxy groups -OCH3 is 1. The number of carbonyl (C=O) groups is 2. The summed E-state index contributed by atoms with van der Waals surface area (Å²) in [6.07, 6.45) is 0. The Kier molecular flexibility index (Phi) is 6.77. The molecule has 10 heteroatoms. The predicted octanol–water partition coefficient (Wildman–Crippen LogP) is 0.362. The molecule has 0 atom stereocenters. The van der Waals surface area contributed by atoms with Crippen molar-refractivity contribution in [3.63, 3.8) is 0 Å². The third-order valence-electron chi connectivity index (χ3n) is 3.66. The van der Waals surface area contributed by atoms with Gasteiger partial charge in [0.15, 0.2) is 6.61 Å². The Bertz CT molecular complexity index is 714. The smallest absolute Gasteiger partial charge is 0.332 e. The first-order valence-corrected chi connectivity index (χ1v) is 9.34. The lowest BCUT2D eigenvalue weighted by Gasteiger charge is -2.33. The highest BCUT2D eigenvalue weighted by Gasteiger charge is 2.30. The Hall–Kier alpha value is -1.68. The van der Waals surface area contributed by atoms with E-state index in [1.54, 1.807) is 0 Å². The molecule has 0 spiro atoms. The molecule has 1 aromatic carbocycles. The van der Waals surface area contributed by atoms with Gasteiger partial charge < -0.3 is 14.4 Å². The number of rotatable bonds is 6. The number of piperazine rings is 1. The van der Waals surface area contributed by atoms with Crippen molar-refractivity contribution >= 4 is 33.5 Å². The average Bonchev–Trinajstić information content (AvgIpc) is 2.60. The second-order valence-electron chi connectivity index (χ2n) is 5.33. The number of carbonyl (C=O) groups excluding carboxylic acids is 2. The van der Waals surface area contributed by atoms with Crippen LogP contribution >= 0.6 is 11.6 Å². The van der Waals surface area contributed by atoms with Crippen LogP contribution in [0.25, 0.3) is 0 Å². The van der Waals surface area contributed by atoms with Crippen LogP contribution in [0.15, 0.2) is 29.2 Å². The minimum atomic E-state index is -3.63. The van der Waals surface area contributed by atoms with Gasteiger partial charge in [-0.3, -0.25) is 4.79 Å². The molecule has 1 fully saturated rings. The lowest BCUT2D eigenvalue weighted by atomic mass is 10.3. The van der Waals surface area contributed by atoms with Gasteiger partial charge in [-0.15, -0.1) is 0 Å². The molecule has 138 valence electrons. The standard InChI is InChI=1S/C15H19ClN2O6S/c1-23-11-15(20)24-10-14(19)17-6-8-18(9-7-17)25(21,22)13-4-2-12(16)3-5-13/h2-5H,6-11H2,1H3.